The molecule has 0 aromatic carbocycles. The average Bonchev–Trinajstić information content (AvgIpc) is 2.82. The topological polar surface area (TPSA) is 115 Å². The van der Waals surface area contributed by atoms with Crippen molar-refractivity contribution in [1.82, 2.24) is 0 Å². The Hall–Kier alpha value is -0.340. The molecule has 29 heavy (non-hydrogen) atoms. The number of aliphatic carboxylic acids is 1. The molecule has 1 aliphatic heterocycles. The predicted octanol–water partition coefficient (Wildman–Crippen LogP) is -0.321. The van der Waals surface area contributed by atoms with Gasteiger partial charge in [-0.2, -0.15) is 0 Å². The number of aliphatic hydroxyl groups is 2. The molecular formula is C21H35NaO6S. The van der Waals surface area contributed by atoms with Gasteiger partial charge in [0.15, 0.2) is 9.84 Å². The summed E-state index contributed by atoms with van der Waals surface area (Å²) in [5, 5.41) is 30.4. The van der Waals surface area contributed by atoms with Gasteiger partial charge >= 0.3 is 29.6 Å². The fourth-order valence-corrected chi connectivity index (χ4v) is 5.97. The van der Waals surface area contributed by atoms with Crippen LogP contribution < -0.4 is 34.7 Å². The molecule has 3 atom stereocenters. The second-order valence-corrected chi connectivity index (χ2v) is 10.8. The summed E-state index contributed by atoms with van der Waals surface area (Å²) in [4.78, 5) is 10.3. The summed E-state index contributed by atoms with van der Waals surface area (Å²) in [7, 11) is -3.48. The van der Waals surface area contributed by atoms with E-state index in [9.17, 15) is 28.5 Å². The molecule has 1 rings (SSSR count). The van der Waals surface area contributed by atoms with E-state index >= 15 is 0 Å². The van der Waals surface area contributed by atoms with E-state index < -0.39 is 33.1 Å². The van der Waals surface area contributed by atoms with E-state index in [1.165, 1.54) is 6.08 Å². The van der Waals surface area contributed by atoms with Crippen LogP contribution in [0.3, 0.4) is 0 Å². The van der Waals surface area contributed by atoms with Crippen molar-refractivity contribution in [3.63, 3.8) is 0 Å². The summed E-state index contributed by atoms with van der Waals surface area (Å²) in [5.41, 5.74) is 0.00719. The molecule has 0 spiro atoms. The molecule has 0 radical (unpaired) electrons. The Morgan fingerprint density at radius 1 is 1.24 bits per heavy atom. The van der Waals surface area contributed by atoms with Gasteiger partial charge in [-0.15, -0.1) is 0 Å². The van der Waals surface area contributed by atoms with E-state index in [2.05, 4.69) is 20.8 Å². The van der Waals surface area contributed by atoms with E-state index in [-0.39, 0.29) is 46.5 Å². The number of carbonyl (C=O) groups excluding carboxylic acids is 1. The molecule has 1 aliphatic rings. The maximum absolute atomic E-state index is 12.4. The van der Waals surface area contributed by atoms with Gasteiger partial charge in [-0.3, -0.25) is 0 Å². The molecule has 162 valence electrons. The van der Waals surface area contributed by atoms with Crippen molar-refractivity contribution >= 4 is 15.8 Å². The quantitative estimate of drug-likeness (QED) is 0.187. The second kappa shape index (κ2) is 13.2. The summed E-state index contributed by atoms with van der Waals surface area (Å²) < 4.78 is 24.9. The van der Waals surface area contributed by atoms with E-state index in [1.807, 2.05) is 0 Å². The third-order valence-corrected chi connectivity index (χ3v) is 7.71. The monoisotopic (exact) mass is 438 g/mol. The van der Waals surface area contributed by atoms with Crippen LogP contribution in [0.25, 0.3) is 0 Å². The van der Waals surface area contributed by atoms with Crippen molar-refractivity contribution in [2.75, 3.05) is 5.75 Å². The molecular weight excluding hydrogens is 403 g/mol. The standard InChI is InChI=1S/C21H36O6S.Na/c1-4-5-13-21(2,3)14-12-16(22)20-17(23)15-28(26,27)18(20)10-8-6-7-9-11-19(24)25;/h9,11-12,17-18,20,22-23H,4-8,10,13-15H2,1-3H3,(H,24,25);/q;+1/p-1/b11-9?,16-12+;/t17-,18-,20-;/m0./s1. The van der Waals surface area contributed by atoms with Gasteiger partial charge in [-0.1, -0.05) is 46.1 Å². The van der Waals surface area contributed by atoms with Gasteiger partial charge in [0, 0.05) is 0 Å². The van der Waals surface area contributed by atoms with Crippen molar-refractivity contribution in [1.29, 1.82) is 0 Å². The van der Waals surface area contributed by atoms with Crippen LogP contribution in [-0.4, -0.2) is 41.7 Å². The van der Waals surface area contributed by atoms with Crippen LogP contribution in [0, 0.1) is 11.3 Å². The van der Waals surface area contributed by atoms with Crippen LogP contribution in [-0.2, 0) is 14.6 Å². The number of allylic oxidation sites excluding steroid dienone is 2. The zero-order chi connectivity index (χ0) is 21.4. The fourth-order valence-electron chi connectivity index (χ4n) is 3.74. The normalized spacial score (nSPS) is 24.6. The third kappa shape index (κ3) is 10.0. The zero-order valence-electron chi connectivity index (χ0n) is 18.3. The Morgan fingerprint density at radius 3 is 2.48 bits per heavy atom. The Balaban J connectivity index is 0.00000784. The molecule has 0 bridgehead atoms. The molecule has 1 heterocycles. The molecule has 0 amide bonds. The number of rotatable bonds is 12. The molecule has 0 aromatic rings. The number of carboxylic acids is 1. The molecule has 1 fully saturated rings. The largest absolute Gasteiger partial charge is 1.00 e. The van der Waals surface area contributed by atoms with Crippen LogP contribution >= 0.6 is 0 Å². The first-order chi connectivity index (χ1) is 13.0. The van der Waals surface area contributed by atoms with Gasteiger partial charge in [0.25, 0.3) is 0 Å². The number of carboxylic acid groups (broad SMARTS) is 1. The predicted molar refractivity (Wildman–Crippen MR) is 108 cm³/mol. The van der Waals surface area contributed by atoms with Gasteiger partial charge in [-0.05, 0) is 49.7 Å². The SMILES string of the molecule is CCCCC(C)(C)C/C=C(/O)[C@H]1[C@@H](O)CS(=O)(=O)[C@H]1CCCCC=CC(=O)[O-].[Na+]. The van der Waals surface area contributed by atoms with Crippen LogP contribution in [0.15, 0.2) is 24.0 Å². The maximum Gasteiger partial charge on any atom is 1.00 e. The second-order valence-electron chi connectivity index (χ2n) is 8.57. The van der Waals surface area contributed by atoms with E-state index in [0.29, 0.717) is 32.1 Å². The molecule has 0 aliphatic carbocycles. The average molecular weight is 439 g/mol. The van der Waals surface area contributed by atoms with Crippen LogP contribution in [0.5, 0.6) is 0 Å². The summed E-state index contributed by atoms with van der Waals surface area (Å²) in [6.45, 7) is 6.36. The van der Waals surface area contributed by atoms with E-state index in [4.69, 9.17) is 0 Å². The first-order valence-corrected chi connectivity index (χ1v) is 11.9. The number of carbonyl (C=O) groups is 1. The Bertz CT molecular complexity index is 669. The van der Waals surface area contributed by atoms with Crippen LogP contribution in [0.4, 0.5) is 0 Å². The number of aliphatic hydroxyl groups excluding tert-OH is 2. The Morgan fingerprint density at radius 2 is 1.90 bits per heavy atom. The van der Waals surface area contributed by atoms with Crippen molar-refractivity contribution in [2.45, 2.75) is 83.5 Å². The molecule has 0 aromatic heterocycles. The maximum atomic E-state index is 12.4. The molecule has 1 saturated heterocycles. The van der Waals surface area contributed by atoms with Gasteiger partial charge in [0.05, 0.1) is 34.8 Å². The summed E-state index contributed by atoms with van der Waals surface area (Å²) in [6.07, 6.45) is 8.92. The first-order valence-electron chi connectivity index (χ1n) is 10.2. The molecule has 2 N–H and O–H groups in total. The number of hydrogen-bond donors (Lipinski definition) is 2. The van der Waals surface area contributed by atoms with Gasteiger partial charge in [-0.25, -0.2) is 8.42 Å². The first kappa shape index (κ1) is 28.7. The van der Waals surface area contributed by atoms with Crippen molar-refractivity contribution in [2.24, 2.45) is 11.3 Å². The van der Waals surface area contributed by atoms with E-state index in [1.54, 1.807) is 6.08 Å². The summed E-state index contributed by atoms with van der Waals surface area (Å²) in [6, 6.07) is 0. The van der Waals surface area contributed by atoms with Crippen molar-refractivity contribution in [3.8, 4) is 0 Å². The number of sulfone groups is 1. The minimum Gasteiger partial charge on any atom is -0.545 e. The third-order valence-electron chi connectivity index (χ3n) is 5.46. The van der Waals surface area contributed by atoms with Crippen molar-refractivity contribution in [3.05, 3.63) is 24.0 Å². The number of unbranched alkanes of at least 4 members (excludes halogenated alkanes) is 3. The van der Waals surface area contributed by atoms with Gasteiger partial charge in [0.2, 0.25) is 0 Å². The molecule has 0 saturated carbocycles. The van der Waals surface area contributed by atoms with Crippen LogP contribution in [0.1, 0.15) is 72.1 Å². The number of hydrogen-bond acceptors (Lipinski definition) is 6. The summed E-state index contributed by atoms with van der Waals surface area (Å²) >= 11 is 0. The van der Waals surface area contributed by atoms with Gasteiger partial charge < -0.3 is 20.1 Å². The fraction of sp³-hybridized carbons (Fsp3) is 0.762. The van der Waals surface area contributed by atoms with Gasteiger partial charge in [0.1, 0.15) is 0 Å². The Kier molecular flexibility index (Phi) is 13.0. The van der Waals surface area contributed by atoms with Crippen LogP contribution in [0.2, 0.25) is 0 Å². The zero-order valence-corrected chi connectivity index (χ0v) is 21.1. The molecule has 0 unspecified atom stereocenters. The molecule has 6 nitrogen and oxygen atoms in total. The Labute approximate surface area is 197 Å². The minimum absolute atomic E-state index is 0. The van der Waals surface area contributed by atoms with E-state index in [0.717, 1.165) is 25.3 Å². The minimum atomic E-state index is -3.48. The van der Waals surface area contributed by atoms with Crippen molar-refractivity contribution < 1.29 is 58.1 Å². The smallest absolute Gasteiger partial charge is 0.545 e. The summed E-state index contributed by atoms with van der Waals surface area (Å²) in [5.74, 6) is -2.39. The molecule has 8 heteroatoms.